The molecule has 25 heavy (non-hydrogen) atoms. The number of ether oxygens (including phenoxy) is 1. The normalized spacial score (nSPS) is 11.2. The lowest BCUT2D eigenvalue weighted by Crippen LogP contribution is -2.17. The number of nitrogens with one attached hydrogen (secondary N) is 1. The molecule has 0 aliphatic carbocycles. The van der Waals surface area contributed by atoms with Gasteiger partial charge in [0.2, 0.25) is 5.95 Å². The quantitative estimate of drug-likeness (QED) is 0.784. The summed E-state index contributed by atoms with van der Waals surface area (Å²) in [4.78, 5) is 16.0. The molecule has 2 aromatic carbocycles. The van der Waals surface area contributed by atoms with E-state index in [1.54, 1.807) is 30.3 Å². The molecule has 0 unspecified atom stereocenters. The molecule has 0 saturated heterocycles. The monoisotopic (exact) mass is 348 g/mol. The first kappa shape index (κ1) is 16.5. The van der Waals surface area contributed by atoms with Crippen molar-refractivity contribution in [3.8, 4) is 11.4 Å². The van der Waals surface area contributed by atoms with Gasteiger partial charge in [0, 0.05) is 5.56 Å². The highest BCUT2D eigenvalue weighted by atomic mass is 19.4. The van der Waals surface area contributed by atoms with E-state index in [2.05, 4.69) is 20.1 Å². The molecule has 3 rings (SSSR count). The van der Waals surface area contributed by atoms with Crippen LogP contribution in [-0.4, -0.2) is 27.0 Å². The Balaban J connectivity index is 1.70. The topological polar surface area (TPSA) is 69.0 Å². The molecule has 1 heterocycles. The van der Waals surface area contributed by atoms with Gasteiger partial charge in [0.05, 0.1) is 5.69 Å². The Hall–Kier alpha value is -3.36. The average Bonchev–Trinajstić information content (AvgIpc) is 3.03. The summed E-state index contributed by atoms with van der Waals surface area (Å²) in [6.07, 6.45) is -3.41. The van der Waals surface area contributed by atoms with Gasteiger partial charge in [0.1, 0.15) is 12.1 Å². The van der Waals surface area contributed by atoms with Gasteiger partial charge >= 0.3 is 6.36 Å². The SMILES string of the molecule is O=C(Nc1ncn(-c2ccc(OC(F)(F)F)cc2)n1)c1ccccc1. The molecule has 0 bridgehead atoms. The summed E-state index contributed by atoms with van der Waals surface area (Å²) in [6, 6.07) is 13.6. The number of carbonyl (C=O) groups is 1. The van der Waals surface area contributed by atoms with Crippen molar-refractivity contribution >= 4 is 11.9 Å². The van der Waals surface area contributed by atoms with Crippen LogP contribution in [-0.2, 0) is 0 Å². The van der Waals surface area contributed by atoms with Gasteiger partial charge in [0.15, 0.2) is 0 Å². The lowest BCUT2D eigenvalue weighted by atomic mass is 10.2. The van der Waals surface area contributed by atoms with E-state index < -0.39 is 6.36 Å². The maximum atomic E-state index is 12.1. The molecule has 0 atom stereocenters. The fraction of sp³-hybridized carbons (Fsp3) is 0.0625. The number of carbonyl (C=O) groups excluding carboxylic acids is 1. The highest BCUT2D eigenvalue weighted by Gasteiger charge is 2.30. The lowest BCUT2D eigenvalue weighted by Gasteiger charge is -2.09. The summed E-state index contributed by atoms with van der Waals surface area (Å²) in [7, 11) is 0. The third-order valence-electron chi connectivity index (χ3n) is 3.09. The number of amides is 1. The summed E-state index contributed by atoms with van der Waals surface area (Å²) in [5.41, 5.74) is 0.912. The second-order valence-electron chi connectivity index (χ2n) is 4.87. The van der Waals surface area contributed by atoms with Crippen LogP contribution in [0.15, 0.2) is 60.9 Å². The minimum atomic E-state index is -4.75. The van der Waals surface area contributed by atoms with Gasteiger partial charge in [-0.25, -0.2) is 4.68 Å². The minimum absolute atomic E-state index is 0.0736. The van der Waals surface area contributed by atoms with E-state index in [-0.39, 0.29) is 17.6 Å². The minimum Gasteiger partial charge on any atom is -0.406 e. The van der Waals surface area contributed by atoms with Gasteiger partial charge in [-0.15, -0.1) is 18.3 Å². The van der Waals surface area contributed by atoms with Crippen LogP contribution in [0.5, 0.6) is 5.75 Å². The molecular formula is C16H11F3N4O2. The Bertz CT molecular complexity index is 861. The van der Waals surface area contributed by atoms with Crippen molar-refractivity contribution in [2.75, 3.05) is 5.32 Å². The van der Waals surface area contributed by atoms with Crippen molar-refractivity contribution in [3.05, 3.63) is 66.5 Å². The number of rotatable bonds is 4. The molecule has 0 radical (unpaired) electrons. The van der Waals surface area contributed by atoms with Crippen LogP contribution >= 0.6 is 0 Å². The highest BCUT2D eigenvalue weighted by Crippen LogP contribution is 2.23. The standard InChI is InChI=1S/C16H11F3N4O2/c17-16(18,19)25-13-8-6-12(7-9-13)23-10-20-15(22-23)21-14(24)11-4-2-1-3-5-11/h1-10H,(H,21,22,24). The molecule has 0 saturated carbocycles. The van der Waals surface area contributed by atoms with Crippen molar-refractivity contribution < 1.29 is 22.7 Å². The predicted octanol–water partition coefficient (Wildman–Crippen LogP) is 3.42. The number of alkyl halides is 3. The van der Waals surface area contributed by atoms with Crippen molar-refractivity contribution in [2.24, 2.45) is 0 Å². The van der Waals surface area contributed by atoms with Gasteiger partial charge in [-0.3, -0.25) is 10.1 Å². The molecule has 1 amide bonds. The summed E-state index contributed by atoms with van der Waals surface area (Å²) in [5, 5.41) is 6.60. The van der Waals surface area contributed by atoms with Crippen LogP contribution in [0.1, 0.15) is 10.4 Å². The number of benzene rings is 2. The highest BCUT2D eigenvalue weighted by molar-refractivity contribution is 6.03. The molecule has 1 aromatic heterocycles. The number of hydrogen-bond donors (Lipinski definition) is 1. The molecule has 0 aliphatic rings. The van der Waals surface area contributed by atoms with Crippen LogP contribution < -0.4 is 10.1 Å². The van der Waals surface area contributed by atoms with Crippen LogP contribution in [0, 0.1) is 0 Å². The second-order valence-corrected chi connectivity index (χ2v) is 4.87. The molecule has 6 nitrogen and oxygen atoms in total. The van der Waals surface area contributed by atoms with E-state index in [1.165, 1.54) is 23.1 Å². The van der Waals surface area contributed by atoms with E-state index in [0.29, 0.717) is 11.3 Å². The molecule has 3 aromatic rings. The molecule has 128 valence electrons. The van der Waals surface area contributed by atoms with E-state index in [9.17, 15) is 18.0 Å². The predicted molar refractivity (Wildman–Crippen MR) is 82.4 cm³/mol. The van der Waals surface area contributed by atoms with Crippen molar-refractivity contribution in [1.82, 2.24) is 14.8 Å². The van der Waals surface area contributed by atoms with Crippen LogP contribution in [0.4, 0.5) is 19.1 Å². The zero-order chi connectivity index (χ0) is 17.9. The summed E-state index contributed by atoms with van der Waals surface area (Å²) in [6.45, 7) is 0. The Morgan fingerprint density at radius 1 is 1.04 bits per heavy atom. The number of hydrogen-bond acceptors (Lipinski definition) is 4. The van der Waals surface area contributed by atoms with Gasteiger partial charge in [0.25, 0.3) is 5.91 Å². The fourth-order valence-electron chi connectivity index (χ4n) is 2.01. The van der Waals surface area contributed by atoms with E-state index in [0.717, 1.165) is 12.1 Å². The molecule has 0 fully saturated rings. The summed E-state index contributed by atoms with van der Waals surface area (Å²) in [5.74, 6) is -0.634. The zero-order valence-electron chi connectivity index (χ0n) is 12.6. The number of aromatic nitrogens is 3. The zero-order valence-corrected chi connectivity index (χ0v) is 12.6. The maximum Gasteiger partial charge on any atom is 0.573 e. The van der Waals surface area contributed by atoms with Gasteiger partial charge in [-0.1, -0.05) is 18.2 Å². The van der Waals surface area contributed by atoms with Gasteiger partial charge < -0.3 is 4.74 Å². The first-order valence-electron chi connectivity index (χ1n) is 7.05. The maximum absolute atomic E-state index is 12.1. The Morgan fingerprint density at radius 3 is 2.36 bits per heavy atom. The van der Waals surface area contributed by atoms with Crippen LogP contribution in [0.25, 0.3) is 5.69 Å². The van der Waals surface area contributed by atoms with E-state index in [1.807, 2.05) is 0 Å². The third-order valence-corrected chi connectivity index (χ3v) is 3.09. The Kier molecular flexibility index (Phi) is 4.38. The molecular weight excluding hydrogens is 337 g/mol. The molecule has 1 N–H and O–H groups in total. The Morgan fingerprint density at radius 2 is 1.72 bits per heavy atom. The van der Waals surface area contributed by atoms with Gasteiger partial charge in [-0.2, -0.15) is 4.98 Å². The Labute approximate surface area is 139 Å². The molecule has 0 spiro atoms. The fourth-order valence-corrected chi connectivity index (χ4v) is 2.01. The van der Waals surface area contributed by atoms with Crippen molar-refractivity contribution in [3.63, 3.8) is 0 Å². The van der Waals surface area contributed by atoms with Gasteiger partial charge in [-0.05, 0) is 36.4 Å². The van der Waals surface area contributed by atoms with Crippen LogP contribution in [0.3, 0.4) is 0 Å². The second kappa shape index (κ2) is 6.63. The number of halogens is 3. The van der Waals surface area contributed by atoms with E-state index in [4.69, 9.17) is 0 Å². The smallest absolute Gasteiger partial charge is 0.406 e. The van der Waals surface area contributed by atoms with E-state index >= 15 is 0 Å². The lowest BCUT2D eigenvalue weighted by molar-refractivity contribution is -0.274. The first-order valence-corrected chi connectivity index (χ1v) is 7.05. The third kappa shape index (κ3) is 4.34. The summed E-state index contributed by atoms with van der Waals surface area (Å²) < 4.78 is 41.5. The first-order chi connectivity index (χ1) is 11.9. The largest absolute Gasteiger partial charge is 0.573 e. The average molecular weight is 348 g/mol. The van der Waals surface area contributed by atoms with Crippen LogP contribution in [0.2, 0.25) is 0 Å². The van der Waals surface area contributed by atoms with Crippen molar-refractivity contribution in [2.45, 2.75) is 6.36 Å². The number of anilines is 1. The molecule has 9 heteroatoms. The molecule has 0 aliphatic heterocycles. The summed E-state index contributed by atoms with van der Waals surface area (Å²) >= 11 is 0. The van der Waals surface area contributed by atoms with Crippen molar-refractivity contribution in [1.29, 1.82) is 0 Å². The number of nitrogens with zero attached hydrogens (tertiary/aromatic N) is 3.